The number of unbranched alkanes of at least 4 members (excludes halogenated alkanes) is 2. The zero-order valence-corrected chi connectivity index (χ0v) is 28.9. The third-order valence-electron chi connectivity index (χ3n) is 7.82. The van der Waals surface area contributed by atoms with Gasteiger partial charge in [-0.15, -0.1) is 0 Å². The van der Waals surface area contributed by atoms with E-state index in [0.717, 1.165) is 25.3 Å². The largest absolute Gasteiger partial charge is 0.494 e. The molecule has 0 heterocycles. The fraction of sp³-hybridized carbons (Fsp3) is 0.256. The van der Waals surface area contributed by atoms with Gasteiger partial charge in [-0.1, -0.05) is 18.7 Å². The van der Waals surface area contributed by atoms with Crippen LogP contribution in [0.15, 0.2) is 91.5 Å². The minimum Gasteiger partial charge on any atom is -0.494 e. The van der Waals surface area contributed by atoms with Gasteiger partial charge in [0.2, 0.25) is 0 Å². The topological polar surface area (TPSA) is 147 Å². The fourth-order valence-electron chi connectivity index (χ4n) is 4.83. The van der Waals surface area contributed by atoms with Gasteiger partial charge >= 0.3 is 25.0 Å². The zero-order chi connectivity index (χ0) is 36.8. The van der Waals surface area contributed by atoms with E-state index in [1.165, 1.54) is 0 Å². The molecule has 0 aliphatic rings. The van der Waals surface area contributed by atoms with Gasteiger partial charge in [-0.2, -0.15) is 0 Å². The third-order valence-corrected chi connectivity index (χ3v) is 7.82. The number of esters is 3. The number of hydrogen-bond donors (Lipinski definition) is 2. The Hall–Kier alpha value is -5.59. The number of carbonyl (C=O) groups is 3. The van der Waals surface area contributed by atoms with Crippen LogP contribution in [-0.4, -0.2) is 61.5 Å². The molecule has 0 atom stereocenters. The zero-order valence-electron chi connectivity index (χ0n) is 28.9. The summed E-state index contributed by atoms with van der Waals surface area (Å²) in [6, 6.07) is 21.3. The first-order valence-electron chi connectivity index (χ1n) is 16.4. The summed E-state index contributed by atoms with van der Waals surface area (Å²) in [5.74, 6) is 0.969. The number of benzene rings is 4. The Labute approximate surface area is 297 Å². The van der Waals surface area contributed by atoms with Crippen molar-refractivity contribution in [3.05, 3.63) is 119 Å². The van der Waals surface area contributed by atoms with Gasteiger partial charge in [-0.05, 0) is 129 Å². The van der Waals surface area contributed by atoms with Crippen molar-refractivity contribution in [3.63, 3.8) is 0 Å². The maximum absolute atomic E-state index is 13.0. The molecule has 0 aromatic heterocycles. The van der Waals surface area contributed by atoms with Crippen molar-refractivity contribution in [1.29, 1.82) is 0 Å². The van der Waals surface area contributed by atoms with Crippen molar-refractivity contribution < 1.29 is 52.9 Å². The van der Waals surface area contributed by atoms with E-state index in [2.05, 4.69) is 6.58 Å². The van der Waals surface area contributed by atoms with E-state index in [1.807, 2.05) is 0 Å². The number of hydrogen-bond acceptors (Lipinski definition) is 11. The molecule has 4 aromatic rings. The number of aryl methyl sites for hydroxylation is 1. The molecule has 0 saturated carbocycles. The van der Waals surface area contributed by atoms with Crippen LogP contribution in [-0.2, 0) is 9.53 Å². The molecular weight excluding hydrogens is 655 g/mol. The highest BCUT2D eigenvalue weighted by molar-refractivity contribution is 6.58. The molecule has 0 fully saturated rings. The van der Waals surface area contributed by atoms with Gasteiger partial charge in [0, 0.05) is 6.08 Å². The van der Waals surface area contributed by atoms with Crippen LogP contribution in [0.5, 0.6) is 28.7 Å². The molecule has 4 aromatic carbocycles. The summed E-state index contributed by atoms with van der Waals surface area (Å²) < 4.78 is 33.5. The summed E-state index contributed by atoms with van der Waals surface area (Å²) in [5.41, 5.74) is 3.00. The van der Waals surface area contributed by atoms with Gasteiger partial charge in [0.25, 0.3) is 0 Å². The van der Waals surface area contributed by atoms with Gasteiger partial charge < -0.3 is 38.5 Å². The Morgan fingerprint density at radius 2 is 1.14 bits per heavy atom. The second-order valence-corrected chi connectivity index (χ2v) is 11.5. The van der Waals surface area contributed by atoms with Crippen molar-refractivity contribution in [3.8, 4) is 28.7 Å². The van der Waals surface area contributed by atoms with Crippen LogP contribution >= 0.6 is 0 Å². The van der Waals surface area contributed by atoms with E-state index in [0.29, 0.717) is 75.2 Å². The first kappa shape index (κ1) is 38.2. The van der Waals surface area contributed by atoms with Gasteiger partial charge in [0.1, 0.15) is 42.0 Å². The van der Waals surface area contributed by atoms with Crippen LogP contribution < -0.4 is 29.1 Å². The smallest absolute Gasteiger partial charge is 0.488 e. The van der Waals surface area contributed by atoms with E-state index in [1.54, 1.807) is 99.6 Å². The number of carbonyl (C=O) groups excluding carboxylic acids is 3. The summed E-state index contributed by atoms with van der Waals surface area (Å²) in [4.78, 5) is 37.0. The fourth-order valence-corrected chi connectivity index (χ4v) is 4.83. The summed E-state index contributed by atoms with van der Waals surface area (Å²) in [6.07, 6.45) is 3.50. The van der Waals surface area contributed by atoms with Crippen molar-refractivity contribution >= 4 is 30.5 Å². The molecule has 0 amide bonds. The van der Waals surface area contributed by atoms with E-state index >= 15 is 0 Å². The molecule has 266 valence electrons. The highest BCUT2D eigenvalue weighted by Crippen LogP contribution is 2.34. The van der Waals surface area contributed by atoms with E-state index < -0.39 is 25.0 Å². The van der Waals surface area contributed by atoms with Crippen molar-refractivity contribution in [1.82, 2.24) is 0 Å². The van der Waals surface area contributed by atoms with Crippen LogP contribution in [0.3, 0.4) is 0 Å². The van der Waals surface area contributed by atoms with Crippen LogP contribution in [0.1, 0.15) is 56.7 Å². The molecule has 0 bridgehead atoms. The van der Waals surface area contributed by atoms with E-state index in [-0.39, 0.29) is 13.2 Å². The molecular formula is C39H41BO11. The van der Waals surface area contributed by atoms with Crippen LogP contribution in [0, 0.1) is 20.8 Å². The van der Waals surface area contributed by atoms with Crippen LogP contribution in [0.25, 0.3) is 0 Å². The van der Waals surface area contributed by atoms with Crippen LogP contribution in [0.2, 0.25) is 0 Å². The first-order valence-corrected chi connectivity index (χ1v) is 16.4. The minimum atomic E-state index is -1.53. The molecule has 12 heteroatoms. The Morgan fingerprint density at radius 1 is 0.647 bits per heavy atom. The van der Waals surface area contributed by atoms with E-state index in [9.17, 15) is 24.4 Å². The molecule has 0 aliphatic heterocycles. The van der Waals surface area contributed by atoms with Crippen LogP contribution in [0.4, 0.5) is 0 Å². The predicted octanol–water partition coefficient (Wildman–Crippen LogP) is 5.47. The lowest BCUT2D eigenvalue weighted by molar-refractivity contribution is -0.137. The second-order valence-electron chi connectivity index (χ2n) is 11.5. The standard InChI is InChI=1S/C39H41BO11/c1-5-36(41)49-22-8-6-7-21-46-32-15-9-29(10-16-32)38(42)50-35-25-26(2)37(28(4)27(35)3)51-39(43)30-11-17-33(18-12-30)47-23-24-48-34-19-13-31(14-20-34)40(44)45/h5,9-20,25,44-45H,1,6-8,21-24H2,2-4H3. The maximum Gasteiger partial charge on any atom is 0.488 e. The summed E-state index contributed by atoms with van der Waals surface area (Å²) in [6.45, 7) is 10.1. The number of ether oxygens (including phenoxy) is 6. The highest BCUT2D eigenvalue weighted by Gasteiger charge is 2.19. The van der Waals surface area contributed by atoms with Crippen molar-refractivity contribution in [2.45, 2.75) is 40.0 Å². The first-order chi connectivity index (χ1) is 24.5. The Balaban J connectivity index is 1.24. The lowest BCUT2D eigenvalue weighted by atomic mass is 9.80. The van der Waals surface area contributed by atoms with Gasteiger partial charge in [-0.25, -0.2) is 14.4 Å². The number of rotatable bonds is 18. The van der Waals surface area contributed by atoms with Gasteiger partial charge in [0.15, 0.2) is 0 Å². The molecule has 11 nitrogen and oxygen atoms in total. The highest BCUT2D eigenvalue weighted by atomic mass is 16.5. The molecule has 0 unspecified atom stereocenters. The SMILES string of the molecule is C=CC(=O)OCCCCCOc1ccc(C(=O)Oc2cc(C)c(OC(=O)c3ccc(OCCOc4ccc(B(O)O)cc4)cc3)c(C)c2C)cc1. The minimum absolute atomic E-state index is 0.253. The van der Waals surface area contributed by atoms with Gasteiger partial charge in [-0.3, -0.25) is 0 Å². The van der Waals surface area contributed by atoms with E-state index in [4.69, 9.17) is 28.4 Å². The average Bonchev–Trinajstić information content (AvgIpc) is 3.14. The Kier molecular flexibility index (Phi) is 14.2. The third kappa shape index (κ3) is 11.5. The maximum atomic E-state index is 13.0. The van der Waals surface area contributed by atoms with Gasteiger partial charge in [0.05, 0.1) is 24.3 Å². The molecule has 4 rings (SSSR count). The Morgan fingerprint density at radius 3 is 1.67 bits per heavy atom. The summed E-state index contributed by atoms with van der Waals surface area (Å²) >= 11 is 0. The molecule has 0 aliphatic carbocycles. The molecule has 51 heavy (non-hydrogen) atoms. The summed E-state index contributed by atoms with van der Waals surface area (Å²) in [5, 5.41) is 18.4. The monoisotopic (exact) mass is 696 g/mol. The normalized spacial score (nSPS) is 10.5. The molecule has 2 N–H and O–H groups in total. The lowest BCUT2D eigenvalue weighted by Crippen LogP contribution is -2.29. The summed E-state index contributed by atoms with van der Waals surface area (Å²) in [7, 11) is -1.53. The molecule has 0 saturated heterocycles. The Bertz CT molecular complexity index is 1780. The lowest BCUT2D eigenvalue weighted by Gasteiger charge is -2.16. The quantitative estimate of drug-likeness (QED) is 0.0449. The predicted molar refractivity (Wildman–Crippen MR) is 191 cm³/mol. The molecule has 0 radical (unpaired) electrons. The average molecular weight is 697 g/mol. The van der Waals surface area contributed by atoms with Crippen molar-refractivity contribution in [2.24, 2.45) is 0 Å². The second kappa shape index (κ2) is 19.0. The molecule has 0 spiro atoms. The van der Waals surface area contributed by atoms with Crippen molar-refractivity contribution in [2.75, 3.05) is 26.4 Å².